The molecule has 2 N–H and O–H groups in total. The molecule has 1 aliphatic heterocycles. The Morgan fingerprint density at radius 3 is 3.00 bits per heavy atom. The molecule has 0 saturated carbocycles. The largest absolute Gasteiger partial charge is 0.352 e. The van der Waals surface area contributed by atoms with E-state index in [0.29, 0.717) is 25.7 Å². The fraction of sp³-hybridized carbons (Fsp3) is 0.529. The topological polar surface area (TPSA) is 88.4 Å². The number of nitrogens with one attached hydrogen (secondary N) is 2. The minimum Gasteiger partial charge on any atom is -0.352 e. The maximum Gasteiger partial charge on any atom is 0.220 e. The number of hydrogen-bond donors (Lipinski definition) is 2. The zero-order valence-corrected chi connectivity index (χ0v) is 14.3. The van der Waals surface area contributed by atoms with E-state index in [4.69, 9.17) is 0 Å². The van der Waals surface area contributed by atoms with Gasteiger partial charge < -0.3 is 10.6 Å². The standard InChI is InChI=1S/C17H23N5O2/c1-10-13(12(3)22-15(19-10)8-9-18-22)4-6-17(24)21-14-5-7-16(23)20-11(14)2/h8-9,11,14H,4-7H2,1-3H3,(H,20,23)(H,21,24). The molecule has 0 radical (unpaired) electrons. The van der Waals surface area contributed by atoms with Gasteiger partial charge >= 0.3 is 0 Å². The Bertz CT molecular complexity index is 783. The van der Waals surface area contributed by atoms with Gasteiger partial charge in [-0.2, -0.15) is 5.10 Å². The SMILES string of the molecule is Cc1nc2ccnn2c(C)c1CCC(=O)NC1CCC(=O)NC1C. The van der Waals surface area contributed by atoms with Crippen molar-refractivity contribution in [3.8, 4) is 0 Å². The Hall–Kier alpha value is -2.44. The molecular weight excluding hydrogens is 306 g/mol. The van der Waals surface area contributed by atoms with Gasteiger partial charge in [-0.05, 0) is 39.2 Å². The first-order valence-corrected chi connectivity index (χ1v) is 8.34. The molecule has 2 aromatic heterocycles. The molecule has 2 aromatic rings. The van der Waals surface area contributed by atoms with Crippen molar-refractivity contribution < 1.29 is 9.59 Å². The number of carbonyl (C=O) groups is 2. The molecule has 1 fully saturated rings. The number of rotatable bonds is 4. The number of hydrogen-bond acceptors (Lipinski definition) is 4. The van der Waals surface area contributed by atoms with Crippen LogP contribution >= 0.6 is 0 Å². The van der Waals surface area contributed by atoms with Crippen LogP contribution in [-0.2, 0) is 16.0 Å². The zero-order chi connectivity index (χ0) is 17.3. The van der Waals surface area contributed by atoms with E-state index in [1.54, 1.807) is 10.7 Å². The molecule has 7 heteroatoms. The van der Waals surface area contributed by atoms with Crippen LogP contribution in [0.25, 0.3) is 5.65 Å². The molecule has 2 atom stereocenters. The van der Waals surface area contributed by atoms with Crippen LogP contribution in [0.1, 0.15) is 43.1 Å². The molecule has 24 heavy (non-hydrogen) atoms. The van der Waals surface area contributed by atoms with Gasteiger partial charge in [0, 0.05) is 42.4 Å². The molecule has 3 heterocycles. The minimum absolute atomic E-state index is 0.00219. The Morgan fingerprint density at radius 1 is 1.46 bits per heavy atom. The number of piperidine rings is 1. The fourth-order valence-corrected chi connectivity index (χ4v) is 3.31. The van der Waals surface area contributed by atoms with Crippen LogP contribution in [0.3, 0.4) is 0 Å². The summed E-state index contributed by atoms with van der Waals surface area (Å²) in [6.45, 7) is 5.89. The Balaban J connectivity index is 1.63. The highest BCUT2D eigenvalue weighted by atomic mass is 16.2. The number of nitrogens with zero attached hydrogens (tertiary/aromatic N) is 3. The van der Waals surface area contributed by atoms with Crippen molar-refractivity contribution in [3.63, 3.8) is 0 Å². The molecule has 2 amide bonds. The molecule has 1 aliphatic rings. The third-order valence-corrected chi connectivity index (χ3v) is 4.72. The highest BCUT2D eigenvalue weighted by Gasteiger charge is 2.26. The van der Waals surface area contributed by atoms with Gasteiger partial charge in [-0.3, -0.25) is 9.59 Å². The van der Waals surface area contributed by atoms with Crippen molar-refractivity contribution in [2.45, 2.75) is 58.5 Å². The molecule has 0 bridgehead atoms. The van der Waals surface area contributed by atoms with Crippen LogP contribution in [-0.4, -0.2) is 38.5 Å². The number of carbonyl (C=O) groups excluding carboxylic acids is 2. The van der Waals surface area contributed by atoms with Gasteiger partial charge in [0.15, 0.2) is 5.65 Å². The molecule has 0 aromatic carbocycles. The molecule has 128 valence electrons. The summed E-state index contributed by atoms with van der Waals surface area (Å²) in [6.07, 6.45) is 3.90. The number of amides is 2. The molecule has 0 spiro atoms. The molecule has 2 unspecified atom stereocenters. The van der Waals surface area contributed by atoms with Crippen molar-refractivity contribution in [2.24, 2.45) is 0 Å². The first-order chi connectivity index (χ1) is 11.5. The van der Waals surface area contributed by atoms with Crippen LogP contribution in [0.15, 0.2) is 12.3 Å². The Morgan fingerprint density at radius 2 is 2.25 bits per heavy atom. The summed E-state index contributed by atoms with van der Waals surface area (Å²) in [4.78, 5) is 28.1. The fourth-order valence-electron chi connectivity index (χ4n) is 3.31. The lowest BCUT2D eigenvalue weighted by Gasteiger charge is -2.30. The van der Waals surface area contributed by atoms with Gasteiger partial charge in [0.25, 0.3) is 0 Å². The summed E-state index contributed by atoms with van der Waals surface area (Å²) in [5.74, 6) is 0.0557. The van der Waals surface area contributed by atoms with Gasteiger partial charge in [-0.15, -0.1) is 0 Å². The Kier molecular flexibility index (Phi) is 4.51. The first-order valence-electron chi connectivity index (χ1n) is 8.34. The summed E-state index contributed by atoms with van der Waals surface area (Å²) in [5.41, 5.74) is 3.84. The smallest absolute Gasteiger partial charge is 0.220 e. The van der Waals surface area contributed by atoms with E-state index >= 15 is 0 Å². The van der Waals surface area contributed by atoms with E-state index in [9.17, 15) is 9.59 Å². The maximum atomic E-state index is 12.3. The second-order valence-corrected chi connectivity index (χ2v) is 6.43. The lowest BCUT2D eigenvalue weighted by molar-refractivity contribution is -0.126. The number of aromatic nitrogens is 3. The molecule has 7 nitrogen and oxygen atoms in total. The quantitative estimate of drug-likeness (QED) is 0.878. The summed E-state index contributed by atoms with van der Waals surface area (Å²) in [7, 11) is 0. The van der Waals surface area contributed by atoms with E-state index in [-0.39, 0.29) is 23.9 Å². The molecular formula is C17H23N5O2. The lowest BCUT2D eigenvalue weighted by Crippen LogP contribution is -2.54. The van der Waals surface area contributed by atoms with Crippen LogP contribution in [0, 0.1) is 13.8 Å². The van der Waals surface area contributed by atoms with E-state index in [1.165, 1.54) is 0 Å². The van der Waals surface area contributed by atoms with E-state index < -0.39 is 0 Å². The molecule has 0 aliphatic carbocycles. The van der Waals surface area contributed by atoms with Crippen LogP contribution in [0.5, 0.6) is 0 Å². The van der Waals surface area contributed by atoms with Gasteiger partial charge in [0.2, 0.25) is 11.8 Å². The van der Waals surface area contributed by atoms with Gasteiger partial charge in [-0.1, -0.05) is 0 Å². The van der Waals surface area contributed by atoms with Crippen molar-refractivity contribution in [2.75, 3.05) is 0 Å². The number of aryl methyl sites for hydroxylation is 2. The lowest BCUT2D eigenvalue weighted by atomic mass is 9.99. The van der Waals surface area contributed by atoms with Gasteiger partial charge in [-0.25, -0.2) is 9.50 Å². The first kappa shape index (κ1) is 16.4. The number of fused-ring (bicyclic) bond motifs is 1. The normalized spacial score (nSPS) is 20.9. The van der Waals surface area contributed by atoms with Crippen molar-refractivity contribution >= 4 is 17.5 Å². The zero-order valence-electron chi connectivity index (χ0n) is 14.3. The summed E-state index contributed by atoms with van der Waals surface area (Å²) >= 11 is 0. The maximum absolute atomic E-state index is 12.3. The van der Waals surface area contributed by atoms with Crippen LogP contribution < -0.4 is 10.6 Å². The van der Waals surface area contributed by atoms with E-state index in [0.717, 1.165) is 22.6 Å². The predicted octanol–water partition coefficient (Wildman–Crippen LogP) is 1.06. The monoisotopic (exact) mass is 329 g/mol. The molecule has 3 rings (SSSR count). The van der Waals surface area contributed by atoms with E-state index in [2.05, 4.69) is 20.7 Å². The minimum atomic E-state index is -0.0271. The van der Waals surface area contributed by atoms with Crippen molar-refractivity contribution in [3.05, 3.63) is 29.2 Å². The summed E-state index contributed by atoms with van der Waals surface area (Å²) < 4.78 is 1.80. The second-order valence-electron chi connectivity index (χ2n) is 6.43. The highest BCUT2D eigenvalue weighted by molar-refractivity contribution is 5.79. The average Bonchev–Trinajstić information content (AvgIpc) is 2.98. The van der Waals surface area contributed by atoms with Crippen molar-refractivity contribution in [1.29, 1.82) is 0 Å². The Labute approximate surface area is 140 Å². The summed E-state index contributed by atoms with van der Waals surface area (Å²) in [6, 6.07) is 1.85. The van der Waals surface area contributed by atoms with Crippen LogP contribution in [0.2, 0.25) is 0 Å². The summed E-state index contributed by atoms with van der Waals surface area (Å²) in [5, 5.41) is 10.2. The third kappa shape index (κ3) is 3.25. The van der Waals surface area contributed by atoms with Crippen molar-refractivity contribution in [1.82, 2.24) is 25.2 Å². The second kappa shape index (κ2) is 6.59. The van der Waals surface area contributed by atoms with Gasteiger partial charge in [0.1, 0.15) is 0 Å². The predicted molar refractivity (Wildman–Crippen MR) is 89.6 cm³/mol. The van der Waals surface area contributed by atoms with Crippen LogP contribution in [0.4, 0.5) is 0 Å². The third-order valence-electron chi connectivity index (χ3n) is 4.72. The van der Waals surface area contributed by atoms with Gasteiger partial charge in [0.05, 0.1) is 6.20 Å². The van der Waals surface area contributed by atoms with E-state index in [1.807, 2.05) is 26.8 Å². The average molecular weight is 329 g/mol. The molecule has 1 saturated heterocycles. The highest BCUT2D eigenvalue weighted by Crippen LogP contribution is 2.16.